The molecule has 1 heterocycles. The topological polar surface area (TPSA) is 50.9 Å². The van der Waals surface area contributed by atoms with Crippen molar-refractivity contribution >= 4 is 22.9 Å². The lowest BCUT2D eigenvalue weighted by atomic mass is 10.0. The molecule has 1 unspecified atom stereocenters. The van der Waals surface area contributed by atoms with Gasteiger partial charge in [0.05, 0.1) is 22.3 Å². The molecule has 3 N–H and O–H groups in total. The summed E-state index contributed by atoms with van der Waals surface area (Å²) in [7, 11) is 0. The Morgan fingerprint density at radius 2 is 2.35 bits per heavy atom. The highest BCUT2D eigenvalue weighted by molar-refractivity contribution is 7.07. The Kier molecular flexibility index (Phi) is 4.06. The third-order valence-electron chi connectivity index (χ3n) is 2.47. The van der Waals surface area contributed by atoms with E-state index in [9.17, 15) is 4.39 Å². The smallest absolute Gasteiger partial charge is 0.142 e. The minimum atomic E-state index is -0.418. The van der Waals surface area contributed by atoms with Crippen LogP contribution in [0.25, 0.3) is 0 Å². The predicted octanol–water partition coefficient (Wildman–Crippen LogP) is 2.68. The average Bonchev–Trinajstić information content (AvgIpc) is 2.85. The first-order chi connectivity index (χ1) is 8.22. The lowest BCUT2D eigenvalue weighted by Gasteiger charge is -2.14. The quantitative estimate of drug-likeness (QED) is 0.664. The monoisotopic (exact) mass is 271 g/mol. The van der Waals surface area contributed by atoms with Crippen molar-refractivity contribution in [1.29, 1.82) is 0 Å². The fourth-order valence-electron chi connectivity index (χ4n) is 1.57. The predicted molar refractivity (Wildman–Crippen MR) is 67.3 cm³/mol. The molecule has 0 aliphatic carbocycles. The number of aromatic nitrogens is 1. The first kappa shape index (κ1) is 12.4. The van der Waals surface area contributed by atoms with E-state index >= 15 is 0 Å². The van der Waals surface area contributed by atoms with Crippen LogP contribution in [0.1, 0.15) is 17.3 Å². The molecule has 1 aromatic carbocycles. The van der Waals surface area contributed by atoms with Gasteiger partial charge < -0.3 is 0 Å². The van der Waals surface area contributed by atoms with Crippen LogP contribution >= 0.6 is 22.9 Å². The third-order valence-corrected chi connectivity index (χ3v) is 3.49. The van der Waals surface area contributed by atoms with Crippen molar-refractivity contribution in [2.24, 2.45) is 5.84 Å². The highest BCUT2D eigenvalue weighted by atomic mass is 35.5. The van der Waals surface area contributed by atoms with E-state index in [1.807, 2.05) is 5.38 Å². The van der Waals surface area contributed by atoms with Gasteiger partial charge in [-0.1, -0.05) is 23.7 Å². The normalized spacial score (nSPS) is 12.6. The van der Waals surface area contributed by atoms with Gasteiger partial charge in [0.2, 0.25) is 0 Å². The van der Waals surface area contributed by atoms with Gasteiger partial charge in [-0.25, -0.2) is 9.37 Å². The van der Waals surface area contributed by atoms with E-state index in [2.05, 4.69) is 10.4 Å². The number of nitrogens with one attached hydrogen (secondary N) is 1. The van der Waals surface area contributed by atoms with E-state index in [0.29, 0.717) is 12.0 Å². The summed E-state index contributed by atoms with van der Waals surface area (Å²) in [5, 5.41) is 2.04. The number of nitrogens with zero attached hydrogens (tertiary/aromatic N) is 1. The Morgan fingerprint density at radius 1 is 1.53 bits per heavy atom. The lowest BCUT2D eigenvalue weighted by molar-refractivity contribution is 0.538. The molecule has 0 saturated heterocycles. The molecular formula is C11H11ClFN3S. The molecule has 17 heavy (non-hydrogen) atoms. The summed E-state index contributed by atoms with van der Waals surface area (Å²) in [5.74, 6) is 5.06. The standard InChI is InChI=1S/C11H11ClFN3S/c12-11-7(2-1-3-8(11)13)4-9(16-14)10-5-17-6-15-10/h1-3,5-6,9,16H,4,14H2. The maximum Gasteiger partial charge on any atom is 0.142 e. The van der Waals surface area contributed by atoms with Crippen molar-refractivity contribution in [3.05, 3.63) is 51.2 Å². The van der Waals surface area contributed by atoms with Crippen LogP contribution in [0.15, 0.2) is 29.1 Å². The number of rotatable bonds is 4. The number of benzene rings is 1. The maximum absolute atomic E-state index is 13.3. The molecule has 0 aliphatic rings. The van der Waals surface area contributed by atoms with Gasteiger partial charge in [-0.3, -0.25) is 11.3 Å². The highest BCUT2D eigenvalue weighted by Crippen LogP contribution is 2.25. The summed E-state index contributed by atoms with van der Waals surface area (Å²) in [4.78, 5) is 4.17. The van der Waals surface area contributed by atoms with Crippen LogP contribution in [0.3, 0.4) is 0 Å². The number of hydrogen-bond donors (Lipinski definition) is 2. The van der Waals surface area contributed by atoms with Crippen LogP contribution in [-0.4, -0.2) is 4.98 Å². The Bertz CT molecular complexity index is 489. The van der Waals surface area contributed by atoms with Gasteiger partial charge in [0.25, 0.3) is 0 Å². The van der Waals surface area contributed by atoms with Crippen LogP contribution in [-0.2, 0) is 6.42 Å². The molecule has 0 aliphatic heterocycles. The number of hydrazine groups is 1. The van der Waals surface area contributed by atoms with Gasteiger partial charge in [-0.15, -0.1) is 11.3 Å². The second kappa shape index (κ2) is 5.55. The van der Waals surface area contributed by atoms with Gasteiger partial charge in [-0.05, 0) is 18.1 Å². The Balaban J connectivity index is 2.22. The van der Waals surface area contributed by atoms with E-state index in [0.717, 1.165) is 5.69 Å². The van der Waals surface area contributed by atoms with Crippen LogP contribution < -0.4 is 11.3 Å². The number of halogens is 2. The zero-order valence-corrected chi connectivity index (χ0v) is 10.4. The summed E-state index contributed by atoms with van der Waals surface area (Å²) < 4.78 is 13.3. The fourth-order valence-corrected chi connectivity index (χ4v) is 2.38. The van der Waals surface area contributed by atoms with Crippen LogP contribution in [0, 0.1) is 5.82 Å². The largest absolute Gasteiger partial charge is 0.271 e. The SMILES string of the molecule is NNC(Cc1cccc(F)c1Cl)c1cscn1. The molecule has 0 spiro atoms. The van der Waals surface area contributed by atoms with E-state index in [4.69, 9.17) is 17.4 Å². The van der Waals surface area contributed by atoms with Gasteiger partial charge in [-0.2, -0.15) is 0 Å². The number of thiazole rings is 1. The first-order valence-corrected chi connectivity index (χ1v) is 6.31. The molecule has 0 amide bonds. The first-order valence-electron chi connectivity index (χ1n) is 4.99. The molecule has 3 nitrogen and oxygen atoms in total. The average molecular weight is 272 g/mol. The minimum absolute atomic E-state index is 0.142. The van der Waals surface area contributed by atoms with Crippen molar-refractivity contribution in [3.63, 3.8) is 0 Å². The van der Waals surface area contributed by atoms with E-state index in [-0.39, 0.29) is 11.1 Å². The summed E-state index contributed by atoms with van der Waals surface area (Å²) in [6, 6.07) is 4.58. The molecule has 90 valence electrons. The summed E-state index contributed by atoms with van der Waals surface area (Å²) in [6.07, 6.45) is 0.497. The number of nitrogens with two attached hydrogens (primary N) is 1. The van der Waals surface area contributed by atoms with Crippen molar-refractivity contribution in [3.8, 4) is 0 Å². The summed E-state index contributed by atoms with van der Waals surface area (Å²) in [5.41, 5.74) is 5.93. The van der Waals surface area contributed by atoms with Gasteiger partial charge in [0.15, 0.2) is 0 Å². The molecule has 0 fully saturated rings. The molecule has 0 bridgehead atoms. The van der Waals surface area contributed by atoms with Gasteiger partial charge in [0, 0.05) is 5.38 Å². The molecule has 1 aromatic heterocycles. The van der Waals surface area contributed by atoms with Gasteiger partial charge in [0.1, 0.15) is 5.82 Å². The van der Waals surface area contributed by atoms with E-state index < -0.39 is 5.82 Å². The van der Waals surface area contributed by atoms with E-state index in [1.165, 1.54) is 17.4 Å². The van der Waals surface area contributed by atoms with Crippen LogP contribution in [0.2, 0.25) is 5.02 Å². The highest BCUT2D eigenvalue weighted by Gasteiger charge is 2.15. The summed E-state index contributed by atoms with van der Waals surface area (Å²) in [6.45, 7) is 0. The molecule has 2 rings (SSSR count). The van der Waals surface area contributed by atoms with Crippen LogP contribution in [0.4, 0.5) is 4.39 Å². The summed E-state index contributed by atoms with van der Waals surface area (Å²) >= 11 is 7.38. The Hall–Kier alpha value is -1.01. The second-order valence-corrected chi connectivity index (χ2v) is 4.65. The third kappa shape index (κ3) is 2.81. The molecule has 0 radical (unpaired) electrons. The zero-order valence-electron chi connectivity index (χ0n) is 8.86. The minimum Gasteiger partial charge on any atom is -0.271 e. The molecule has 1 atom stereocenters. The maximum atomic E-state index is 13.3. The van der Waals surface area contributed by atoms with Crippen LogP contribution in [0.5, 0.6) is 0 Å². The number of hydrogen-bond acceptors (Lipinski definition) is 4. The fraction of sp³-hybridized carbons (Fsp3) is 0.182. The molecule has 2 aromatic rings. The van der Waals surface area contributed by atoms with Crippen molar-refractivity contribution in [2.75, 3.05) is 0 Å². The van der Waals surface area contributed by atoms with Crippen molar-refractivity contribution < 1.29 is 4.39 Å². The lowest BCUT2D eigenvalue weighted by Crippen LogP contribution is -2.29. The molecule has 0 saturated carbocycles. The van der Waals surface area contributed by atoms with Gasteiger partial charge >= 0.3 is 0 Å². The van der Waals surface area contributed by atoms with Crippen molar-refractivity contribution in [1.82, 2.24) is 10.4 Å². The second-order valence-electron chi connectivity index (χ2n) is 3.55. The Morgan fingerprint density at radius 3 is 3.00 bits per heavy atom. The molecule has 6 heteroatoms. The Labute approximate surface area is 107 Å². The molecular weight excluding hydrogens is 261 g/mol. The van der Waals surface area contributed by atoms with Crippen molar-refractivity contribution in [2.45, 2.75) is 12.5 Å². The van der Waals surface area contributed by atoms with E-state index in [1.54, 1.807) is 17.6 Å². The zero-order chi connectivity index (χ0) is 12.3.